The third-order valence-corrected chi connectivity index (χ3v) is 5.77. The van der Waals surface area contributed by atoms with Crippen LogP contribution in [0.15, 0.2) is 53.7 Å². The first-order valence-corrected chi connectivity index (χ1v) is 10.8. The highest BCUT2D eigenvalue weighted by Gasteiger charge is 2.19. The molecule has 0 aliphatic rings. The zero-order chi connectivity index (χ0) is 20.1. The molecule has 1 heterocycles. The van der Waals surface area contributed by atoms with Gasteiger partial charge in [0, 0.05) is 12.3 Å². The third-order valence-electron chi connectivity index (χ3n) is 4.74. The third kappa shape index (κ3) is 4.96. The average molecular weight is 396 g/mol. The quantitative estimate of drug-likeness (QED) is 0.428. The molecule has 0 aliphatic heterocycles. The van der Waals surface area contributed by atoms with Crippen molar-refractivity contribution in [2.24, 2.45) is 0 Å². The highest BCUT2D eigenvalue weighted by atomic mass is 32.2. The molecule has 4 nitrogen and oxygen atoms in total. The van der Waals surface area contributed by atoms with E-state index in [4.69, 9.17) is 4.74 Å². The number of nitrogens with zero attached hydrogens (tertiary/aromatic N) is 3. The van der Waals surface area contributed by atoms with E-state index >= 15 is 0 Å². The molecule has 28 heavy (non-hydrogen) atoms. The average Bonchev–Trinajstić information content (AvgIpc) is 3.10. The van der Waals surface area contributed by atoms with Gasteiger partial charge in [-0.1, -0.05) is 67.6 Å². The second-order valence-electron chi connectivity index (χ2n) is 7.35. The first-order chi connectivity index (χ1) is 13.5. The van der Waals surface area contributed by atoms with Crippen LogP contribution in [0.3, 0.4) is 0 Å². The minimum Gasteiger partial charge on any atom is -0.483 e. The summed E-state index contributed by atoms with van der Waals surface area (Å²) in [5, 5.41) is 9.78. The Labute approximate surface area is 172 Å². The van der Waals surface area contributed by atoms with E-state index in [-0.39, 0.29) is 6.10 Å². The van der Waals surface area contributed by atoms with E-state index in [0.29, 0.717) is 5.92 Å². The number of aryl methyl sites for hydroxylation is 1. The van der Waals surface area contributed by atoms with Crippen LogP contribution in [0.1, 0.15) is 62.2 Å². The van der Waals surface area contributed by atoms with E-state index in [1.54, 1.807) is 11.8 Å². The molecule has 0 amide bonds. The summed E-state index contributed by atoms with van der Waals surface area (Å²) in [6.07, 6.45) is -0.161. The molecule has 1 unspecified atom stereocenters. The zero-order valence-corrected chi connectivity index (χ0v) is 18.2. The van der Waals surface area contributed by atoms with Crippen LogP contribution in [-0.2, 0) is 12.3 Å². The van der Waals surface area contributed by atoms with E-state index < -0.39 is 0 Å². The van der Waals surface area contributed by atoms with Gasteiger partial charge in [-0.2, -0.15) is 0 Å². The van der Waals surface area contributed by atoms with Crippen molar-refractivity contribution in [1.82, 2.24) is 14.8 Å². The summed E-state index contributed by atoms with van der Waals surface area (Å²) in [7, 11) is 0. The van der Waals surface area contributed by atoms with Gasteiger partial charge in [-0.25, -0.2) is 0 Å². The van der Waals surface area contributed by atoms with Crippen molar-refractivity contribution < 1.29 is 4.74 Å². The van der Waals surface area contributed by atoms with Crippen LogP contribution in [0.25, 0.3) is 0 Å². The van der Waals surface area contributed by atoms with Gasteiger partial charge < -0.3 is 9.30 Å². The second-order valence-corrected chi connectivity index (χ2v) is 8.29. The Morgan fingerprint density at radius 3 is 2.43 bits per heavy atom. The SMILES string of the molecule is CCn1c(SCc2cccc(C)c2)nnc1C(C)Oc1ccc(C(C)C)cc1. The van der Waals surface area contributed by atoms with Crippen molar-refractivity contribution in [2.45, 2.75) is 64.1 Å². The van der Waals surface area contributed by atoms with Crippen LogP contribution in [0, 0.1) is 6.92 Å². The Morgan fingerprint density at radius 2 is 1.79 bits per heavy atom. The minimum atomic E-state index is -0.161. The van der Waals surface area contributed by atoms with Gasteiger partial charge in [0.25, 0.3) is 0 Å². The Morgan fingerprint density at radius 1 is 1.04 bits per heavy atom. The van der Waals surface area contributed by atoms with Crippen molar-refractivity contribution in [2.75, 3.05) is 0 Å². The van der Waals surface area contributed by atoms with Gasteiger partial charge in [-0.05, 0) is 49.9 Å². The molecule has 148 valence electrons. The van der Waals surface area contributed by atoms with E-state index in [9.17, 15) is 0 Å². The summed E-state index contributed by atoms with van der Waals surface area (Å²) >= 11 is 1.72. The number of hydrogen-bond acceptors (Lipinski definition) is 4. The number of aromatic nitrogens is 3. The molecule has 0 spiro atoms. The van der Waals surface area contributed by atoms with E-state index in [1.807, 2.05) is 19.1 Å². The molecule has 3 aromatic rings. The van der Waals surface area contributed by atoms with Crippen molar-refractivity contribution in [3.05, 3.63) is 71.0 Å². The van der Waals surface area contributed by atoms with E-state index in [0.717, 1.165) is 29.0 Å². The van der Waals surface area contributed by atoms with Crippen molar-refractivity contribution in [1.29, 1.82) is 0 Å². The van der Waals surface area contributed by atoms with Crippen LogP contribution in [0.4, 0.5) is 0 Å². The smallest absolute Gasteiger partial charge is 0.191 e. The van der Waals surface area contributed by atoms with Gasteiger partial charge in [-0.3, -0.25) is 0 Å². The first kappa shape index (κ1) is 20.5. The molecule has 1 aromatic heterocycles. The molecule has 0 aliphatic carbocycles. The maximum Gasteiger partial charge on any atom is 0.191 e. The molecular weight excluding hydrogens is 366 g/mol. The number of thioether (sulfide) groups is 1. The van der Waals surface area contributed by atoms with Crippen LogP contribution in [-0.4, -0.2) is 14.8 Å². The summed E-state index contributed by atoms with van der Waals surface area (Å²) in [6, 6.07) is 16.9. The number of ether oxygens (including phenoxy) is 1. The minimum absolute atomic E-state index is 0.161. The summed E-state index contributed by atoms with van der Waals surface area (Å²) in [5.74, 6) is 3.12. The number of benzene rings is 2. The molecule has 0 bridgehead atoms. The Bertz CT molecular complexity index is 902. The van der Waals surface area contributed by atoms with Gasteiger partial charge >= 0.3 is 0 Å². The Kier molecular flexibility index (Phi) is 6.79. The zero-order valence-electron chi connectivity index (χ0n) is 17.3. The predicted octanol–water partition coefficient (Wildman–Crippen LogP) is 6.16. The number of rotatable bonds is 8. The fourth-order valence-corrected chi connectivity index (χ4v) is 4.10. The lowest BCUT2D eigenvalue weighted by atomic mass is 10.0. The predicted molar refractivity (Wildman–Crippen MR) is 116 cm³/mol. The standard InChI is InChI=1S/C23H29N3OS/c1-6-26-22(18(5)27-21-12-10-20(11-13-21)16(2)3)24-25-23(26)28-15-19-9-7-8-17(4)14-19/h7-14,16,18H,6,15H2,1-5H3. The topological polar surface area (TPSA) is 39.9 Å². The monoisotopic (exact) mass is 395 g/mol. The van der Waals surface area contributed by atoms with Crippen LogP contribution < -0.4 is 4.74 Å². The van der Waals surface area contributed by atoms with Gasteiger partial charge in [0.1, 0.15) is 5.75 Å². The van der Waals surface area contributed by atoms with Crippen LogP contribution in [0.5, 0.6) is 5.75 Å². The van der Waals surface area contributed by atoms with Gasteiger partial charge in [0.05, 0.1) is 0 Å². The Hall–Kier alpha value is -2.27. The Balaban J connectivity index is 1.69. The molecule has 0 saturated carbocycles. The summed E-state index contributed by atoms with van der Waals surface area (Å²) in [5.41, 5.74) is 3.89. The number of hydrogen-bond donors (Lipinski definition) is 0. The lowest BCUT2D eigenvalue weighted by molar-refractivity contribution is 0.210. The normalized spacial score (nSPS) is 12.4. The molecule has 0 saturated heterocycles. The summed E-state index contributed by atoms with van der Waals surface area (Å²) in [6.45, 7) is 11.5. The lowest BCUT2D eigenvalue weighted by Crippen LogP contribution is -2.12. The van der Waals surface area contributed by atoms with Gasteiger partial charge in [-0.15, -0.1) is 10.2 Å². The van der Waals surface area contributed by atoms with Gasteiger partial charge in [0.15, 0.2) is 17.1 Å². The summed E-state index contributed by atoms with van der Waals surface area (Å²) < 4.78 is 8.28. The fourth-order valence-electron chi connectivity index (χ4n) is 3.14. The molecule has 0 N–H and O–H groups in total. The lowest BCUT2D eigenvalue weighted by Gasteiger charge is -2.16. The first-order valence-electron chi connectivity index (χ1n) is 9.86. The molecule has 5 heteroatoms. The largest absolute Gasteiger partial charge is 0.483 e. The van der Waals surface area contributed by atoms with E-state index in [2.05, 4.69) is 78.9 Å². The maximum absolute atomic E-state index is 6.14. The van der Waals surface area contributed by atoms with Crippen LogP contribution in [0.2, 0.25) is 0 Å². The van der Waals surface area contributed by atoms with Crippen molar-refractivity contribution in [3.8, 4) is 5.75 Å². The summed E-state index contributed by atoms with van der Waals surface area (Å²) in [4.78, 5) is 0. The van der Waals surface area contributed by atoms with Crippen molar-refractivity contribution in [3.63, 3.8) is 0 Å². The van der Waals surface area contributed by atoms with E-state index in [1.165, 1.54) is 16.7 Å². The molecule has 2 aromatic carbocycles. The van der Waals surface area contributed by atoms with Crippen molar-refractivity contribution >= 4 is 11.8 Å². The van der Waals surface area contributed by atoms with Crippen LogP contribution >= 0.6 is 11.8 Å². The molecule has 0 fully saturated rings. The molecule has 0 radical (unpaired) electrons. The highest BCUT2D eigenvalue weighted by molar-refractivity contribution is 7.98. The molecule has 3 rings (SSSR count). The maximum atomic E-state index is 6.14. The molecule has 1 atom stereocenters. The highest BCUT2D eigenvalue weighted by Crippen LogP contribution is 2.27. The fraction of sp³-hybridized carbons (Fsp3) is 0.391. The second kappa shape index (κ2) is 9.28. The molecular formula is C23H29N3OS. The van der Waals surface area contributed by atoms with Gasteiger partial charge in [0.2, 0.25) is 0 Å².